The molecule has 2 rings (SSSR count). The molecule has 1 N–H and O–H groups in total. The third-order valence-corrected chi connectivity index (χ3v) is 3.17. The molecule has 5 nitrogen and oxygen atoms in total. The Hall–Kier alpha value is -1.69. The molecule has 0 aliphatic carbocycles. The number of hydrogen-bond acceptors (Lipinski definition) is 5. The number of benzene rings is 1. The van der Waals surface area contributed by atoms with E-state index in [1.54, 1.807) is 44.2 Å². The summed E-state index contributed by atoms with van der Waals surface area (Å²) in [5, 5.41) is 10.1. The molecule has 1 aliphatic heterocycles. The van der Waals surface area contributed by atoms with Gasteiger partial charge in [-0.2, -0.15) is 0 Å². The zero-order valence-electron chi connectivity index (χ0n) is 12.2. The van der Waals surface area contributed by atoms with Crippen LogP contribution in [0, 0.1) is 0 Å². The summed E-state index contributed by atoms with van der Waals surface area (Å²) in [6.07, 6.45) is -0.462. The Labute approximate surface area is 124 Å². The van der Waals surface area contributed by atoms with Crippen LogP contribution in [0.25, 0.3) is 0 Å². The van der Waals surface area contributed by atoms with E-state index in [2.05, 4.69) is 6.58 Å². The highest BCUT2D eigenvalue weighted by Crippen LogP contribution is 2.30. The molecule has 0 saturated carbocycles. The predicted octanol–water partition coefficient (Wildman–Crippen LogP) is 1.91. The number of esters is 1. The van der Waals surface area contributed by atoms with Gasteiger partial charge in [0.2, 0.25) is 0 Å². The van der Waals surface area contributed by atoms with E-state index in [-0.39, 0.29) is 6.61 Å². The third kappa shape index (κ3) is 3.91. The van der Waals surface area contributed by atoms with E-state index in [0.29, 0.717) is 5.56 Å². The van der Waals surface area contributed by atoms with Crippen LogP contribution in [0.4, 0.5) is 0 Å². The Morgan fingerprint density at radius 1 is 1.43 bits per heavy atom. The monoisotopic (exact) mass is 292 g/mol. The molecule has 1 fully saturated rings. The molecule has 21 heavy (non-hydrogen) atoms. The third-order valence-electron chi connectivity index (χ3n) is 3.17. The van der Waals surface area contributed by atoms with E-state index in [1.807, 2.05) is 6.07 Å². The second-order valence-corrected chi connectivity index (χ2v) is 5.33. The van der Waals surface area contributed by atoms with Gasteiger partial charge in [0.15, 0.2) is 5.79 Å². The Morgan fingerprint density at radius 3 is 2.71 bits per heavy atom. The molecule has 1 saturated heterocycles. The Morgan fingerprint density at radius 2 is 2.10 bits per heavy atom. The van der Waals surface area contributed by atoms with Crippen molar-refractivity contribution in [3.05, 3.63) is 48.6 Å². The standard InChI is InChI=1S/C16H20O5/c1-4-13-14(21-16(2,3)20-13)12(17)10-19-15(18)11-8-6-5-7-9-11/h4-9,12-14,17H,1,10H2,2-3H3/t12-,13-,14+/m1/s1. The number of aliphatic hydroxyl groups excluding tert-OH is 1. The van der Waals surface area contributed by atoms with Gasteiger partial charge in [0, 0.05) is 0 Å². The fourth-order valence-electron chi connectivity index (χ4n) is 2.21. The van der Waals surface area contributed by atoms with Crippen LogP contribution < -0.4 is 0 Å². The first kappa shape index (κ1) is 15.7. The first-order chi connectivity index (χ1) is 9.93. The van der Waals surface area contributed by atoms with Crippen molar-refractivity contribution in [3.8, 4) is 0 Å². The van der Waals surface area contributed by atoms with Crippen molar-refractivity contribution in [1.82, 2.24) is 0 Å². The molecule has 5 heteroatoms. The van der Waals surface area contributed by atoms with Gasteiger partial charge in [-0.1, -0.05) is 24.3 Å². The number of hydrogen-bond donors (Lipinski definition) is 1. The molecule has 0 radical (unpaired) electrons. The van der Waals surface area contributed by atoms with Crippen molar-refractivity contribution in [2.24, 2.45) is 0 Å². The van der Waals surface area contributed by atoms with Gasteiger partial charge >= 0.3 is 5.97 Å². The van der Waals surface area contributed by atoms with Crippen molar-refractivity contribution in [2.75, 3.05) is 6.61 Å². The summed E-state index contributed by atoms with van der Waals surface area (Å²) >= 11 is 0. The lowest BCUT2D eigenvalue weighted by Gasteiger charge is -2.21. The molecule has 1 aliphatic rings. The van der Waals surface area contributed by atoms with Crippen LogP contribution in [0.5, 0.6) is 0 Å². The number of carbonyl (C=O) groups is 1. The number of rotatable bonds is 5. The van der Waals surface area contributed by atoms with E-state index in [9.17, 15) is 9.90 Å². The molecule has 0 unspecified atom stereocenters. The van der Waals surface area contributed by atoms with E-state index in [1.165, 1.54) is 0 Å². The molecule has 0 bridgehead atoms. The number of aliphatic hydroxyl groups is 1. The minimum atomic E-state index is -0.984. The summed E-state index contributed by atoms with van der Waals surface area (Å²) in [6, 6.07) is 8.61. The van der Waals surface area contributed by atoms with Crippen LogP contribution in [-0.4, -0.2) is 41.8 Å². The van der Waals surface area contributed by atoms with Crippen molar-refractivity contribution in [3.63, 3.8) is 0 Å². The van der Waals surface area contributed by atoms with Crippen LogP contribution in [0.1, 0.15) is 24.2 Å². The first-order valence-corrected chi connectivity index (χ1v) is 6.81. The smallest absolute Gasteiger partial charge is 0.338 e. The van der Waals surface area contributed by atoms with Crippen molar-refractivity contribution >= 4 is 5.97 Å². The molecule has 3 atom stereocenters. The second-order valence-electron chi connectivity index (χ2n) is 5.33. The summed E-state index contributed by atoms with van der Waals surface area (Å²) in [5.41, 5.74) is 0.439. The minimum Gasteiger partial charge on any atom is -0.459 e. The van der Waals surface area contributed by atoms with Gasteiger partial charge in [-0.05, 0) is 26.0 Å². The van der Waals surface area contributed by atoms with Gasteiger partial charge in [0.05, 0.1) is 5.56 Å². The molecule has 1 aromatic carbocycles. The van der Waals surface area contributed by atoms with Crippen LogP contribution in [0.2, 0.25) is 0 Å². The minimum absolute atomic E-state index is 0.165. The summed E-state index contributed by atoms with van der Waals surface area (Å²) in [4.78, 5) is 11.8. The summed E-state index contributed by atoms with van der Waals surface area (Å²) in [7, 11) is 0. The summed E-state index contributed by atoms with van der Waals surface area (Å²) < 4.78 is 16.3. The average molecular weight is 292 g/mol. The molecule has 0 spiro atoms. The highest BCUT2D eigenvalue weighted by Gasteiger charge is 2.43. The van der Waals surface area contributed by atoms with Gasteiger partial charge in [-0.25, -0.2) is 4.79 Å². The first-order valence-electron chi connectivity index (χ1n) is 6.81. The van der Waals surface area contributed by atoms with Gasteiger partial charge in [0.25, 0.3) is 0 Å². The predicted molar refractivity (Wildman–Crippen MR) is 76.8 cm³/mol. The van der Waals surface area contributed by atoms with E-state index < -0.39 is 30.1 Å². The van der Waals surface area contributed by atoms with Gasteiger partial charge in [-0.3, -0.25) is 0 Å². The molecule has 0 aromatic heterocycles. The van der Waals surface area contributed by atoms with Crippen molar-refractivity contribution in [1.29, 1.82) is 0 Å². The van der Waals surface area contributed by atoms with Gasteiger partial charge < -0.3 is 19.3 Å². The maximum absolute atomic E-state index is 11.8. The normalized spacial score (nSPS) is 25.3. The van der Waals surface area contributed by atoms with Crippen LogP contribution in [0.15, 0.2) is 43.0 Å². The van der Waals surface area contributed by atoms with E-state index in [0.717, 1.165) is 0 Å². The van der Waals surface area contributed by atoms with Crippen LogP contribution in [-0.2, 0) is 14.2 Å². The Kier molecular flexibility index (Phi) is 4.77. The fourth-order valence-corrected chi connectivity index (χ4v) is 2.21. The van der Waals surface area contributed by atoms with Crippen LogP contribution >= 0.6 is 0 Å². The number of carbonyl (C=O) groups excluding carboxylic acids is 1. The Balaban J connectivity index is 1.91. The topological polar surface area (TPSA) is 65.0 Å². The molecule has 114 valence electrons. The Bertz CT molecular complexity index is 497. The lowest BCUT2D eigenvalue weighted by Crippen LogP contribution is -2.38. The van der Waals surface area contributed by atoms with Crippen molar-refractivity contribution in [2.45, 2.75) is 37.9 Å². The summed E-state index contributed by atoms with van der Waals surface area (Å²) in [6.45, 7) is 7.01. The highest BCUT2D eigenvalue weighted by atomic mass is 16.8. The van der Waals surface area contributed by atoms with Gasteiger partial charge in [-0.15, -0.1) is 6.58 Å². The maximum atomic E-state index is 11.8. The van der Waals surface area contributed by atoms with Gasteiger partial charge in [0.1, 0.15) is 24.9 Å². The molecular weight excluding hydrogens is 272 g/mol. The quantitative estimate of drug-likeness (QED) is 0.663. The molecule has 1 aromatic rings. The van der Waals surface area contributed by atoms with E-state index >= 15 is 0 Å². The maximum Gasteiger partial charge on any atom is 0.338 e. The number of ether oxygens (including phenoxy) is 3. The lowest BCUT2D eigenvalue weighted by atomic mass is 10.1. The SMILES string of the molecule is C=C[C@H]1OC(C)(C)O[C@H]1[C@H](O)COC(=O)c1ccccc1. The highest BCUT2D eigenvalue weighted by molar-refractivity contribution is 5.89. The second kappa shape index (κ2) is 6.39. The summed E-state index contributed by atoms with van der Waals surface area (Å²) in [5.74, 6) is -1.28. The lowest BCUT2D eigenvalue weighted by molar-refractivity contribution is -0.155. The zero-order chi connectivity index (χ0) is 15.5. The molecular formula is C16H20O5. The molecule has 1 heterocycles. The largest absolute Gasteiger partial charge is 0.459 e. The van der Waals surface area contributed by atoms with Crippen molar-refractivity contribution < 1.29 is 24.1 Å². The zero-order valence-corrected chi connectivity index (χ0v) is 12.2. The molecule has 0 amide bonds. The average Bonchev–Trinajstić information content (AvgIpc) is 2.80. The van der Waals surface area contributed by atoms with E-state index in [4.69, 9.17) is 14.2 Å². The van der Waals surface area contributed by atoms with Crippen LogP contribution in [0.3, 0.4) is 0 Å². The fraction of sp³-hybridized carbons (Fsp3) is 0.438.